The number of carbonyl (C=O) groups excluding carboxylic acids is 1. The van der Waals surface area contributed by atoms with Gasteiger partial charge in [-0.2, -0.15) is 0 Å². The molecular formula is C20H25NO3. The van der Waals surface area contributed by atoms with Crippen LogP contribution in [0.3, 0.4) is 0 Å². The molecule has 1 saturated carbocycles. The van der Waals surface area contributed by atoms with Gasteiger partial charge in [-0.3, -0.25) is 4.79 Å². The van der Waals surface area contributed by atoms with Gasteiger partial charge in [0.15, 0.2) is 5.76 Å². The standard InChI is InChI=1S/C20H25NO3/c1-13(2)14-6-4-7-15(12-14)18-10-11-19(24-18)20(23)21(3)16-8-5-9-17(16)22/h4,6-7,10-13,16-17,22H,5,8-9H2,1-3H3/t16-,17-/m1/s1. The summed E-state index contributed by atoms with van der Waals surface area (Å²) in [4.78, 5) is 14.2. The fourth-order valence-electron chi connectivity index (χ4n) is 3.36. The molecule has 0 spiro atoms. The van der Waals surface area contributed by atoms with Crippen molar-refractivity contribution in [2.24, 2.45) is 0 Å². The molecule has 4 nitrogen and oxygen atoms in total. The summed E-state index contributed by atoms with van der Waals surface area (Å²) in [7, 11) is 1.74. The Balaban J connectivity index is 1.80. The van der Waals surface area contributed by atoms with Crippen LogP contribution in [-0.2, 0) is 0 Å². The van der Waals surface area contributed by atoms with E-state index < -0.39 is 6.10 Å². The molecule has 1 fully saturated rings. The van der Waals surface area contributed by atoms with E-state index in [9.17, 15) is 9.90 Å². The Bertz CT molecular complexity index is 719. The molecule has 3 rings (SSSR count). The number of hydrogen-bond donors (Lipinski definition) is 1. The molecule has 1 aliphatic rings. The zero-order valence-electron chi connectivity index (χ0n) is 14.5. The van der Waals surface area contributed by atoms with E-state index >= 15 is 0 Å². The number of carbonyl (C=O) groups is 1. The number of benzene rings is 1. The third kappa shape index (κ3) is 3.24. The first-order chi connectivity index (χ1) is 11.5. The maximum Gasteiger partial charge on any atom is 0.289 e. The second kappa shape index (κ2) is 6.81. The van der Waals surface area contributed by atoms with Gasteiger partial charge in [0.25, 0.3) is 5.91 Å². The van der Waals surface area contributed by atoms with Crippen molar-refractivity contribution < 1.29 is 14.3 Å². The highest BCUT2D eigenvalue weighted by Crippen LogP contribution is 2.28. The predicted molar refractivity (Wildman–Crippen MR) is 94.0 cm³/mol. The Hall–Kier alpha value is -2.07. The van der Waals surface area contributed by atoms with Crippen LogP contribution in [0, 0.1) is 0 Å². The lowest BCUT2D eigenvalue weighted by atomic mass is 10.0. The summed E-state index contributed by atoms with van der Waals surface area (Å²) in [5.74, 6) is 1.28. The quantitative estimate of drug-likeness (QED) is 0.921. The second-order valence-electron chi connectivity index (χ2n) is 6.93. The summed E-state index contributed by atoms with van der Waals surface area (Å²) in [6.07, 6.45) is 2.12. The number of aliphatic hydroxyl groups excluding tert-OH is 1. The maximum absolute atomic E-state index is 12.6. The van der Waals surface area contributed by atoms with E-state index in [4.69, 9.17) is 4.42 Å². The molecule has 1 aromatic carbocycles. The summed E-state index contributed by atoms with van der Waals surface area (Å²) in [6, 6.07) is 11.6. The van der Waals surface area contributed by atoms with Crippen LogP contribution in [0.25, 0.3) is 11.3 Å². The highest BCUT2D eigenvalue weighted by Gasteiger charge is 2.32. The molecule has 0 aliphatic heterocycles. The fourth-order valence-corrected chi connectivity index (χ4v) is 3.36. The van der Waals surface area contributed by atoms with Crippen molar-refractivity contribution in [3.05, 3.63) is 47.7 Å². The third-order valence-electron chi connectivity index (χ3n) is 4.92. The molecule has 1 amide bonds. The Labute approximate surface area is 143 Å². The molecule has 2 atom stereocenters. The molecule has 24 heavy (non-hydrogen) atoms. The lowest BCUT2D eigenvalue weighted by Gasteiger charge is -2.26. The first kappa shape index (κ1) is 16.8. The molecule has 0 saturated heterocycles. The van der Waals surface area contributed by atoms with Crippen LogP contribution in [0.15, 0.2) is 40.8 Å². The van der Waals surface area contributed by atoms with Crippen molar-refractivity contribution in [2.45, 2.75) is 51.2 Å². The number of amides is 1. The van der Waals surface area contributed by atoms with Crippen molar-refractivity contribution in [3.63, 3.8) is 0 Å². The average molecular weight is 327 g/mol. The van der Waals surface area contributed by atoms with E-state index in [1.54, 1.807) is 18.0 Å². The smallest absolute Gasteiger partial charge is 0.289 e. The fraction of sp³-hybridized carbons (Fsp3) is 0.450. The van der Waals surface area contributed by atoms with Gasteiger partial charge in [0.2, 0.25) is 0 Å². The Morgan fingerprint density at radius 1 is 1.25 bits per heavy atom. The van der Waals surface area contributed by atoms with E-state index in [2.05, 4.69) is 26.0 Å². The number of rotatable bonds is 4. The highest BCUT2D eigenvalue weighted by atomic mass is 16.4. The molecule has 0 radical (unpaired) electrons. The first-order valence-corrected chi connectivity index (χ1v) is 8.62. The number of furan rings is 1. The van der Waals surface area contributed by atoms with Crippen LogP contribution in [0.1, 0.15) is 55.1 Å². The normalized spacial score (nSPS) is 20.5. The van der Waals surface area contributed by atoms with Crippen molar-refractivity contribution in [2.75, 3.05) is 7.05 Å². The molecule has 1 aromatic heterocycles. The van der Waals surface area contributed by atoms with E-state index in [1.807, 2.05) is 18.2 Å². The van der Waals surface area contributed by atoms with Crippen molar-refractivity contribution in [3.8, 4) is 11.3 Å². The van der Waals surface area contributed by atoms with Gasteiger partial charge in [-0.1, -0.05) is 32.0 Å². The third-order valence-corrected chi connectivity index (χ3v) is 4.92. The molecular weight excluding hydrogens is 302 g/mol. The van der Waals surface area contributed by atoms with E-state index in [0.717, 1.165) is 24.8 Å². The Morgan fingerprint density at radius 3 is 2.71 bits per heavy atom. The second-order valence-corrected chi connectivity index (χ2v) is 6.93. The van der Waals surface area contributed by atoms with Gasteiger partial charge in [0.05, 0.1) is 12.1 Å². The van der Waals surface area contributed by atoms with Crippen molar-refractivity contribution >= 4 is 5.91 Å². The van der Waals surface area contributed by atoms with E-state index in [1.165, 1.54) is 5.56 Å². The van der Waals surface area contributed by atoms with Crippen LogP contribution in [0.4, 0.5) is 0 Å². The molecule has 2 aromatic rings. The van der Waals surface area contributed by atoms with Crippen LogP contribution in [0.5, 0.6) is 0 Å². The van der Waals surface area contributed by atoms with Crippen LogP contribution in [0.2, 0.25) is 0 Å². The molecule has 0 bridgehead atoms. The van der Waals surface area contributed by atoms with E-state index in [0.29, 0.717) is 17.4 Å². The minimum absolute atomic E-state index is 0.115. The summed E-state index contributed by atoms with van der Waals surface area (Å²) in [5.41, 5.74) is 2.21. The Kier molecular flexibility index (Phi) is 4.76. The number of hydrogen-bond acceptors (Lipinski definition) is 3. The predicted octanol–water partition coefficient (Wildman–Crippen LogP) is 4.06. The summed E-state index contributed by atoms with van der Waals surface area (Å²) < 4.78 is 5.81. The van der Waals surface area contributed by atoms with Crippen LogP contribution < -0.4 is 0 Å². The van der Waals surface area contributed by atoms with Gasteiger partial charge in [0.1, 0.15) is 5.76 Å². The maximum atomic E-state index is 12.6. The number of likely N-dealkylation sites (N-methyl/N-ethyl adjacent to an activating group) is 1. The first-order valence-electron chi connectivity index (χ1n) is 8.62. The van der Waals surface area contributed by atoms with Gasteiger partial charge in [-0.15, -0.1) is 0 Å². The van der Waals surface area contributed by atoms with Crippen molar-refractivity contribution in [1.29, 1.82) is 0 Å². The number of nitrogens with zero attached hydrogens (tertiary/aromatic N) is 1. The van der Waals surface area contributed by atoms with Gasteiger partial charge < -0.3 is 14.4 Å². The van der Waals surface area contributed by atoms with Crippen molar-refractivity contribution in [1.82, 2.24) is 4.90 Å². The lowest BCUT2D eigenvalue weighted by Crippen LogP contribution is -2.41. The molecule has 1 N–H and O–H groups in total. The molecule has 1 aliphatic carbocycles. The molecule has 0 unspecified atom stereocenters. The van der Waals surface area contributed by atoms with E-state index in [-0.39, 0.29) is 11.9 Å². The average Bonchev–Trinajstić information content (AvgIpc) is 3.22. The lowest BCUT2D eigenvalue weighted by molar-refractivity contribution is 0.0512. The summed E-state index contributed by atoms with van der Waals surface area (Å²) in [6.45, 7) is 4.30. The summed E-state index contributed by atoms with van der Waals surface area (Å²) >= 11 is 0. The molecule has 4 heteroatoms. The monoisotopic (exact) mass is 327 g/mol. The largest absolute Gasteiger partial charge is 0.451 e. The van der Waals surface area contributed by atoms with Gasteiger partial charge in [-0.05, 0) is 48.9 Å². The van der Waals surface area contributed by atoms with Gasteiger partial charge >= 0.3 is 0 Å². The SMILES string of the molecule is CC(C)c1cccc(-c2ccc(C(=O)N(C)[C@@H]3CCC[C@H]3O)o2)c1. The van der Waals surface area contributed by atoms with Crippen LogP contribution >= 0.6 is 0 Å². The topological polar surface area (TPSA) is 53.7 Å². The van der Waals surface area contributed by atoms with Gasteiger partial charge in [-0.25, -0.2) is 0 Å². The molecule has 128 valence electrons. The minimum atomic E-state index is -0.434. The van der Waals surface area contributed by atoms with Crippen LogP contribution in [-0.4, -0.2) is 35.1 Å². The zero-order valence-corrected chi connectivity index (χ0v) is 14.5. The molecule has 1 heterocycles. The number of aliphatic hydroxyl groups is 1. The van der Waals surface area contributed by atoms with Gasteiger partial charge in [0, 0.05) is 12.6 Å². The zero-order chi connectivity index (χ0) is 17.3. The summed E-state index contributed by atoms with van der Waals surface area (Å²) in [5, 5.41) is 10.00. The highest BCUT2D eigenvalue weighted by molar-refractivity contribution is 5.92. The Morgan fingerprint density at radius 2 is 2.04 bits per heavy atom. The minimum Gasteiger partial charge on any atom is -0.451 e.